The summed E-state index contributed by atoms with van der Waals surface area (Å²) < 4.78 is 0. The second-order valence-corrected chi connectivity index (χ2v) is 3.49. The van der Waals surface area contributed by atoms with Crippen molar-refractivity contribution < 1.29 is 4.79 Å². The van der Waals surface area contributed by atoms with Gasteiger partial charge in [0.2, 0.25) is 5.91 Å². The van der Waals surface area contributed by atoms with Gasteiger partial charge in [-0.3, -0.25) is 9.78 Å². The minimum Gasteiger partial charge on any atom is -0.366 e. The third-order valence-electron chi connectivity index (χ3n) is 1.86. The highest BCUT2D eigenvalue weighted by Crippen LogP contribution is 2.05. The second-order valence-electron chi connectivity index (χ2n) is 3.49. The van der Waals surface area contributed by atoms with Gasteiger partial charge in [0.1, 0.15) is 0 Å². The van der Waals surface area contributed by atoms with Gasteiger partial charge >= 0.3 is 0 Å². The second kappa shape index (κ2) is 5.26. The smallest absolute Gasteiger partial charge is 0.250 e. The number of nitrogens with zero attached hydrogens (tertiary/aromatic N) is 1. The van der Waals surface area contributed by atoms with Crippen LogP contribution in [0.1, 0.15) is 29.3 Å². The Morgan fingerprint density at radius 2 is 2.33 bits per heavy atom. The zero-order valence-electron chi connectivity index (χ0n) is 8.68. The van der Waals surface area contributed by atoms with Crippen molar-refractivity contribution in [3.8, 4) is 0 Å². The Hall–Kier alpha value is -1.68. The highest BCUT2D eigenvalue weighted by atomic mass is 16.1. The molecule has 80 valence electrons. The summed E-state index contributed by atoms with van der Waals surface area (Å²) in [7, 11) is 0. The molecule has 1 amide bonds. The van der Waals surface area contributed by atoms with Crippen LogP contribution in [0.2, 0.25) is 0 Å². The number of pyridine rings is 1. The zero-order chi connectivity index (χ0) is 11.3. The van der Waals surface area contributed by atoms with Gasteiger partial charge in [-0.15, -0.1) is 0 Å². The van der Waals surface area contributed by atoms with Gasteiger partial charge in [0, 0.05) is 18.4 Å². The highest BCUT2D eigenvalue weighted by molar-refractivity contribution is 5.92. The predicted molar refractivity (Wildman–Crippen MR) is 60.1 cm³/mol. The lowest BCUT2D eigenvalue weighted by atomic mass is 10.1. The van der Waals surface area contributed by atoms with Gasteiger partial charge in [0.05, 0.1) is 5.56 Å². The fourth-order valence-electron chi connectivity index (χ4n) is 1.10. The van der Waals surface area contributed by atoms with Crippen LogP contribution in [0.3, 0.4) is 0 Å². The van der Waals surface area contributed by atoms with Crippen LogP contribution in [0, 0.1) is 0 Å². The lowest BCUT2D eigenvalue weighted by Gasteiger charge is -1.99. The number of nitrogens with two attached hydrogens (primary N) is 2. The molecule has 0 aliphatic rings. The van der Waals surface area contributed by atoms with Crippen molar-refractivity contribution in [3.05, 3.63) is 35.7 Å². The largest absolute Gasteiger partial charge is 0.366 e. The summed E-state index contributed by atoms with van der Waals surface area (Å²) in [5.74, 6) is -0.468. The Labute approximate surface area is 89.0 Å². The molecule has 0 bridgehead atoms. The van der Waals surface area contributed by atoms with Gasteiger partial charge in [-0.2, -0.15) is 0 Å². The van der Waals surface area contributed by atoms with Crippen LogP contribution >= 0.6 is 0 Å². The van der Waals surface area contributed by atoms with Crippen LogP contribution in [0.5, 0.6) is 0 Å². The molecule has 1 heterocycles. The van der Waals surface area contributed by atoms with Crippen LogP contribution in [0.4, 0.5) is 0 Å². The highest BCUT2D eigenvalue weighted by Gasteiger charge is 1.99. The fourth-order valence-corrected chi connectivity index (χ4v) is 1.10. The van der Waals surface area contributed by atoms with Crippen molar-refractivity contribution in [2.45, 2.75) is 19.4 Å². The molecule has 1 atom stereocenters. The average molecular weight is 205 g/mol. The Morgan fingerprint density at radius 3 is 2.93 bits per heavy atom. The van der Waals surface area contributed by atoms with Crippen molar-refractivity contribution in [1.82, 2.24) is 4.98 Å². The van der Waals surface area contributed by atoms with E-state index in [2.05, 4.69) is 4.98 Å². The lowest BCUT2D eigenvalue weighted by molar-refractivity contribution is 0.1000. The maximum Gasteiger partial charge on any atom is 0.250 e. The molecule has 4 heteroatoms. The van der Waals surface area contributed by atoms with E-state index in [4.69, 9.17) is 11.5 Å². The van der Waals surface area contributed by atoms with Crippen molar-refractivity contribution in [3.63, 3.8) is 0 Å². The number of aromatic nitrogens is 1. The summed E-state index contributed by atoms with van der Waals surface area (Å²) in [6.07, 6.45) is 7.74. The van der Waals surface area contributed by atoms with E-state index in [9.17, 15) is 4.79 Å². The van der Waals surface area contributed by atoms with Gasteiger partial charge < -0.3 is 11.5 Å². The molecule has 0 unspecified atom stereocenters. The number of rotatable bonds is 4. The first kappa shape index (κ1) is 11.4. The van der Waals surface area contributed by atoms with Crippen molar-refractivity contribution >= 4 is 12.0 Å². The number of hydrogen-bond acceptors (Lipinski definition) is 3. The van der Waals surface area contributed by atoms with Crippen LogP contribution in [-0.2, 0) is 0 Å². The topological polar surface area (TPSA) is 82.0 Å². The van der Waals surface area contributed by atoms with E-state index in [1.54, 1.807) is 12.3 Å². The summed E-state index contributed by atoms with van der Waals surface area (Å²) in [6, 6.07) is 1.83. The van der Waals surface area contributed by atoms with E-state index >= 15 is 0 Å². The first-order valence-electron chi connectivity index (χ1n) is 4.76. The van der Waals surface area contributed by atoms with Gasteiger partial charge in [0.25, 0.3) is 0 Å². The minimum atomic E-state index is -0.468. The first-order valence-corrected chi connectivity index (χ1v) is 4.76. The van der Waals surface area contributed by atoms with Crippen LogP contribution in [0.25, 0.3) is 6.08 Å². The number of amides is 1. The van der Waals surface area contributed by atoms with Crippen molar-refractivity contribution in [2.24, 2.45) is 11.5 Å². The predicted octanol–water partition coefficient (Wildman–Crippen LogP) is 0.931. The molecule has 0 aromatic carbocycles. The summed E-state index contributed by atoms with van der Waals surface area (Å²) in [5.41, 5.74) is 12.0. The van der Waals surface area contributed by atoms with E-state index in [0.717, 1.165) is 12.0 Å². The normalized spacial score (nSPS) is 12.9. The minimum absolute atomic E-state index is 0.133. The third-order valence-corrected chi connectivity index (χ3v) is 1.86. The van der Waals surface area contributed by atoms with Crippen molar-refractivity contribution in [1.29, 1.82) is 0 Å². The van der Waals surface area contributed by atoms with Gasteiger partial charge in [-0.05, 0) is 25.0 Å². The number of carbonyl (C=O) groups excluding carboxylic acids is 1. The molecule has 0 saturated heterocycles. The summed E-state index contributed by atoms with van der Waals surface area (Å²) >= 11 is 0. The molecule has 1 rings (SSSR count). The van der Waals surface area contributed by atoms with Crippen LogP contribution < -0.4 is 11.5 Å². The number of carbonyl (C=O) groups is 1. The van der Waals surface area contributed by atoms with Gasteiger partial charge in [-0.25, -0.2) is 0 Å². The maximum absolute atomic E-state index is 10.9. The Morgan fingerprint density at radius 1 is 1.60 bits per heavy atom. The van der Waals surface area contributed by atoms with Gasteiger partial charge in [-0.1, -0.05) is 12.2 Å². The Bertz CT molecular complexity index is 372. The first-order chi connectivity index (χ1) is 7.09. The van der Waals surface area contributed by atoms with Crippen molar-refractivity contribution in [2.75, 3.05) is 0 Å². The quantitative estimate of drug-likeness (QED) is 0.767. The molecule has 4 N–H and O–H groups in total. The Kier molecular flexibility index (Phi) is 4.00. The molecule has 4 nitrogen and oxygen atoms in total. The summed E-state index contributed by atoms with van der Waals surface area (Å²) in [5, 5.41) is 0. The van der Waals surface area contributed by atoms with E-state index < -0.39 is 5.91 Å². The van der Waals surface area contributed by atoms with E-state index in [1.165, 1.54) is 6.20 Å². The third kappa shape index (κ3) is 3.91. The Balaban J connectivity index is 2.73. The maximum atomic E-state index is 10.9. The van der Waals surface area contributed by atoms with Crippen LogP contribution in [0.15, 0.2) is 24.5 Å². The molecule has 15 heavy (non-hydrogen) atoms. The standard InChI is InChI=1S/C11H15N3O/c1-8(12)3-2-4-9-5-10(11(13)15)7-14-6-9/h2,4-8H,3,12H2,1H3,(H2,13,15)/b4-2+/t8-/m0/s1. The number of primary amides is 1. The SMILES string of the molecule is C[C@H](N)C/C=C/c1cncc(C(N)=O)c1. The van der Waals surface area contributed by atoms with E-state index in [1.807, 2.05) is 19.1 Å². The monoisotopic (exact) mass is 205 g/mol. The molecule has 0 aliphatic carbocycles. The molecule has 1 aromatic rings. The lowest BCUT2D eigenvalue weighted by Crippen LogP contribution is -2.12. The number of hydrogen-bond donors (Lipinski definition) is 2. The van der Waals surface area contributed by atoms with E-state index in [-0.39, 0.29) is 6.04 Å². The molecule has 0 aliphatic heterocycles. The molecular formula is C11H15N3O. The molecule has 0 saturated carbocycles. The average Bonchev–Trinajstić information content (AvgIpc) is 2.17. The fraction of sp³-hybridized carbons (Fsp3) is 0.273. The summed E-state index contributed by atoms with van der Waals surface area (Å²) in [4.78, 5) is 14.8. The molecule has 0 spiro atoms. The molecular weight excluding hydrogens is 190 g/mol. The zero-order valence-corrected chi connectivity index (χ0v) is 8.68. The molecule has 1 aromatic heterocycles. The molecule has 0 fully saturated rings. The molecule has 0 radical (unpaired) electrons. The van der Waals surface area contributed by atoms with Gasteiger partial charge in [0.15, 0.2) is 0 Å². The summed E-state index contributed by atoms with van der Waals surface area (Å²) in [6.45, 7) is 1.93. The van der Waals surface area contributed by atoms with Crippen LogP contribution in [-0.4, -0.2) is 16.9 Å². The van der Waals surface area contributed by atoms with E-state index in [0.29, 0.717) is 5.56 Å².